The predicted molar refractivity (Wildman–Crippen MR) is 107 cm³/mol. The second-order valence-corrected chi connectivity index (χ2v) is 6.13. The topological polar surface area (TPSA) is 63.2 Å². The second-order valence-electron chi connectivity index (χ2n) is 6.13. The van der Waals surface area contributed by atoms with Crippen LogP contribution in [0.1, 0.15) is 28.4 Å². The van der Waals surface area contributed by atoms with Crippen molar-refractivity contribution in [1.82, 2.24) is 10.3 Å². The third-order valence-electron chi connectivity index (χ3n) is 4.12. The average molecular weight is 361 g/mol. The third-order valence-corrected chi connectivity index (χ3v) is 4.12. The van der Waals surface area contributed by atoms with Crippen molar-refractivity contribution in [2.45, 2.75) is 12.5 Å². The molecule has 3 rings (SSSR count). The van der Waals surface area contributed by atoms with Gasteiger partial charge in [-0.25, -0.2) is 0 Å². The summed E-state index contributed by atoms with van der Waals surface area (Å²) in [4.78, 5) is 16.5. The number of benzene rings is 2. The zero-order valence-electron chi connectivity index (χ0n) is 15.3. The molecule has 3 aromatic rings. The summed E-state index contributed by atoms with van der Waals surface area (Å²) in [5.41, 5.74) is 2.31. The summed E-state index contributed by atoms with van der Waals surface area (Å²) < 4.78 is 6.21. The molecule has 1 aromatic heterocycles. The van der Waals surface area contributed by atoms with Crippen molar-refractivity contribution in [2.75, 3.05) is 18.9 Å². The molecular formula is C22H23N3O2. The van der Waals surface area contributed by atoms with Gasteiger partial charge in [-0.2, -0.15) is 0 Å². The van der Waals surface area contributed by atoms with E-state index in [0.717, 1.165) is 18.5 Å². The molecule has 0 spiro atoms. The minimum Gasteiger partial charge on any atom is -0.486 e. The Morgan fingerprint density at radius 2 is 1.93 bits per heavy atom. The molecule has 1 unspecified atom stereocenters. The van der Waals surface area contributed by atoms with E-state index in [1.807, 2.05) is 37.4 Å². The number of carbonyl (C=O) groups is 1. The molecule has 0 saturated carbocycles. The fourth-order valence-electron chi connectivity index (χ4n) is 2.75. The van der Waals surface area contributed by atoms with Crippen LogP contribution in [0.2, 0.25) is 0 Å². The molecule has 0 bridgehead atoms. The molecule has 5 nitrogen and oxygen atoms in total. The highest BCUT2D eigenvalue weighted by Crippen LogP contribution is 2.25. The minimum atomic E-state index is -0.195. The first-order valence-electron chi connectivity index (χ1n) is 8.94. The van der Waals surface area contributed by atoms with Crippen LogP contribution in [-0.4, -0.2) is 24.5 Å². The van der Waals surface area contributed by atoms with Crippen LogP contribution in [-0.2, 0) is 0 Å². The number of pyridine rings is 1. The highest BCUT2D eigenvalue weighted by Gasteiger charge is 2.14. The van der Waals surface area contributed by atoms with Crippen molar-refractivity contribution >= 4 is 11.6 Å². The molecule has 1 heterocycles. The molecule has 0 aliphatic heterocycles. The molecule has 0 saturated heterocycles. The van der Waals surface area contributed by atoms with Gasteiger partial charge in [-0.1, -0.05) is 36.4 Å². The lowest BCUT2D eigenvalue weighted by Gasteiger charge is -2.20. The summed E-state index contributed by atoms with van der Waals surface area (Å²) in [5, 5.41) is 6.00. The lowest BCUT2D eigenvalue weighted by molar-refractivity contribution is 0.102. The molecule has 0 fully saturated rings. The van der Waals surface area contributed by atoms with E-state index in [0.29, 0.717) is 17.0 Å². The summed E-state index contributed by atoms with van der Waals surface area (Å²) in [6.45, 7) is 0.834. The summed E-state index contributed by atoms with van der Waals surface area (Å²) in [5.74, 6) is 0.471. The maximum Gasteiger partial charge on any atom is 0.255 e. The van der Waals surface area contributed by atoms with E-state index in [1.165, 1.54) is 0 Å². The first kappa shape index (κ1) is 18.6. The van der Waals surface area contributed by atoms with Gasteiger partial charge in [0.25, 0.3) is 5.91 Å². The Morgan fingerprint density at radius 3 is 2.67 bits per heavy atom. The molecule has 1 atom stereocenters. The molecule has 138 valence electrons. The Labute approximate surface area is 159 Å². The van der Waals surface area contributed by atoms with Crippen LogP contribution in [0.5, 0.6) is 5.75 Å². The SMILES string of the molecule is CNCCC(Oc1cccc(C(=O)Nc2cccnc2)c1)c1ccccc1. The molecular weight excluding hydrogens is 338 g/mol. The number of ether oxygens (including phenoxy) is 1. The highest BCUT2D eigenvalue weighted by molar-refractivity contribution is 6.04. The van der Waals surface area contributed by atoms with Crippen LogP contribution in [0, 0.1) is 0 Å². The van der Waals surface area contributed by atoms with Gasteiger partial charge in [0.1, 0.15) is 11.9 Å². The maximum absolute atomic E-state index is 12.5. The number of anilines is 1. The molecule has 1 amide bonds. The zero-order valence-corrected chi connectivity index (χ0v) is 15.3. The van der Waals surface area contributed by atoms with Gasteiger partial charge in [-0.3, -0.25) is 9.78 Å². The largest absolute Gasteiger partial charge is 0.486 e. The van der Waals surface area contributed by atoms with E-state index >= 15 is 0 Å². The number of rotatable bonds is 8. The number of aromatic nitrogens is 1. The first-order chi connectivity index (χ1) is 13.3. The van der Waals surface area contributed by atoms with Gasteiger partial charge in [0, 0.05) is 18.2 Å². The van der Waals surface area contributed by atoms with Crippen molar-refractivity contribution in [3.8, 4) is 5.75 Å². The Balaban J connectivity index is 1.74. The minimum absolute atomic E-state index is 0.0877. The van der Waals surface area contributed by atoms with E-state index in [1.54, 1.807) is 36.7 Å². The van der Waals surface area contributed by atoms with Gasteiger partial charge in [0.2, 0.25) is 0 Å². The summed E-state index contributed by atoms with van der Waals surface area (Å²) in [6, 6.07) is 20.9. The van der Waals surface area contributed by atoms with Crippen LogP contribution in [0.3, 0.4) is 0 Å². The Bertz CT molecular complexity index is 854. The normalized spacial score (nSPS) is 11.6. The van der Waals surface area contributed by atoms with Gasteiger partial charge in [0.15, 0.2) is 0 Å². The molecule has 0 aliphatic carbocycles. The van der Waals surface area contributed by atoms with Gasteiger partial charge in [0.05, 0.1) is 11.9 Å². The maximum atomic E-state index is 12.5. The van der Waals surface area contributed by atoms with E-state index in [9.17, 15) is 4.79 Å². The Morgan fingerprint density at radius 1 is 1.07 bits per heavy atom. The summed E-state index contributed by atoms with van der Waals surface area (Å²) >= 11 is 0. The Hall–Kier alpha value is -3.18. The quantitative estimate of drug-likeness (QED) is 0.635. The Kier molecular flexibility index (Phi) is 6.55. The second kappa shape index (κ2) is 9.50. The van der Waals surface area contributed by atoms with Crippen LogP contribution in [0.4, 0.5) is 5.69 Å². The van der Waals surface area contributed by atoms with E-state index in [2.05, 4.69) is 27.8 Å². The zero-order chi connectivity index (χ0) is 18.9. The number of hydrogen-bond acceptors (Lipinski definition) is 4. The fraction of sp³-hybridized carbons (Fsp3) is 0.182. The van der Waals surface area contributed by atoms with E-state index in [-0.39, 0.29) is 12.0 Å². The number of amides is 1. The standard InChI is InChI=1S/C22H23N3O2/c1-23-14-12-21(17-7-3-2-4-8-17)27-20-11-5-9-18(15-20)22(26)25-19-10-6-13-24-16-19/h2-11,13,15-16,21,23H,12,14H2,1H3,(H,25,26). The van der Waals surface area contributed by atoms with Crippen molar-refractivity contribution in [2.24, 2.45) is 0 Å². The molecule has 0 aliphatic rings. The smallest absolute Gasteiger partial charge is 0.255 e. The molecule has 2 aromatic carbocycles. The van der Waals surface area contributed by atoms with Crippen LogP contribution >= 0.6 is 0 Å². The lowest BCUT2D eigenvalue weighted by atomic mass is 10.1. The first-order valence-corrected chi connectivity index (χ1v) is 8.94. The molecule has 5 heteroatoms. The van der Waals surface area contributed by atoms with Crippen LogP contribution in [0.25, 0.3) is 0 Å². The van der Waals surface area contributed by atoms with Gasteiger partial charge >= 0.3 is 0 Å². The van der Waals surface area contributed by atoms with Crippen molar-refractivity contribution < 1.29 is 9.53 Å². The summed E-state index contributed by atoms with van der Waals surface area (Å²) in [7, 11) is 1.92. The molecule has 2 N–H and O–H groups in total. The number of carbonyl (C=O) groups excluding carboxylic acids is 1. The van der Waals surface area contributed by atoms with E-state index < -0.39 is 0 Å². The molecule has 27 heavy (non-hydrogen) atoms. The van der Waals surface area contributed by atoms with Crippen molar-refractivity contribution in [1.29, 1.82) is 0 Å². The van der Waals surface area contributed by atoms with Gasteiger partial charge in [-0.05, 0) is 49.5 Å². The number of nitrogens with zero attached hydrogens (tertiary/aromatic N) is 1. The fourth-order valence-corrected chi connectivity index (χ4v) is 2.75. The highest BCUT2D eigenvalue weighted by atomic mass is 16.5. The lowest BCUT2D eigenvalue weighted by Crippen LogP contribution is -2.16. The van der Waals surface area contributed by atoms with Crippen LogP contribution in [0.15, 0.2) is 79.1 Å². The number of hydrogen-bond donors (Lipinski definition) is 2. The van der Waals surface area contributed by atoms with E-state index in [4.69, 9.17) is 4.74 Å². The van der Waals surface area contributed by atoms with Crippen molar-refractivity contribution in [3.05, 3.63) is 90.3 Å². The van der Waals surface area contributed by atoms with Gasteiger partial charge in [-0.15, -0.1) is 0 Å². The van der Waals surface area contributed by atoms with Gasteiger partial charge < -0.3 is 15.4 Å². The molecule has 0 radical (unpaired) electrons. The number of nitrogens with one attached hydrogen (secondary N) is 2. The monoisotopic (exact) mass is 361 g/mol. The predicted octanol–water partition coefficient (Wildman–Crippen LogP) is 4.06. The van der Waals surface area contributed by atoms with Crippen LogP contribution < -0.4 is 15.4 Å². The average Bonchev–Trinajstić information content (AvgIpc) is 2.72. The summed E-state index contributed by atoms with van der Waals surface area (Å²) in [6.07, 6.45) is 4.02. The van der Waals surface area contributed by atoms with Crippen molar-refractivity contribution in [3.63, 3.8) is 0 Å². The third kappa shape index (κ3) is 5.39.